The summed E-state index contributed by atoms with van der Waals surface area (Å²) in [5.41, 5.74) is 2.56. The van der Waals surface area contributed by atoms with E-state index in [0.29, 0.717) is 17.8 Å². The van der Waals surface area contributed by atoms with Crippen LogP contribution < -0.4 is 0 Å². The van der Waals surface area contributed by atoms with E-state index in [1.807, 2.05) is 24.3 Å². The second kappa shape index (κ2) is 9.58. The third kappa shape index (κ3) is 4.82. The van der Waals surface area contributed by atoms with Crippen molar-refractivity contribution in [2.24, 2.45) is 28.6 Å². The number of halogens is 1. The molecule has 3 aliphatic rings. The molecule has 3 nitrogen and oxygen atoms in total. The van der Waals surface area contributed by atoms with Gasteiger partial charge in [-0.1, -0.05) is 61.9 Å². The highest BCUT2D eigenvalue weighted by molar-refractivity contribution is 6.30. The Morgan fingerprint density at radius 1 is 1.18 bits per heavy atom. The maximum atomic E-state index is 12.2. The summed E-state index contributed by atoms with van der Waals surface area (Å²) in [6.07, 6.45) is 11.9. The Bertz CT molecular complexity index is 906. The Hall–Kier alpha value is -1.58. The molecule has 4 heteroatoms. The van der Waals surface area contributed by atoms with Gasteiger partial charge in [0.05, 0.1) is 6.10 Å². The molecule has 0 amide bonds. The van der Waals surface area contributed by atoms with Gasteiger partial charge in [0.2, 0.25) is 0 Å². The number of carbonyl (C=O) groups excluding carboxylic acids is 1. The van der Waals surface area contributed by atoms with Gasteiger partial charge in [0.1, 0.15) is 6.10 Å². The van der Waals surface area contributed by atoms with Gasteiger partial charge in [0.15, 0.2) is 0 Å². The lowest BCUT2D eigenvalue weighted by molar-refractivity contribution is -0.173. The zero-order chi connectivity index (χ0) is 23.8. The van der Waals surface area contributed by atoms with E-state index in [-0.39, 0.29) is 29.0 Å². The quantitative estimate of drug-likeness (QED) is 0.364. The van der Waals surface area contributed by atoms with Gasteiger partial charge in [-0.05, 0) is 85.8 Å². The summed E-state index contributed by atoms with van der Waals surface area (Å²) in [4.78, 5) is 12.2. The summed E-state index contributed by atoms with van der Waals surface area (Å²) in [5.74, 6) is 0.834. The highest BCUT2D eigenvalue weighted by Crippen LogP contribution is 2.62. The Labute approximate surface area is 204 Å². The monoisotopic (exact) mass is 470 g/mol. The Balaban J connectivity index is 1.59. The Morgan fingerprint density at radius 2 is 1.91 bits per heavy atom. The average molecular weight is 471 g/mol. The predicted octanol–water partition coefficient (Wildman–Crippen LogP) is 7.22. The summed E-state index contributed by atoms with van der Waals surface area (Å²) >= 11 is 6.02. The van der Waals surface area contributed by atoms with Crippen molar-refractivity contribution in [3.63, 3.8) is 0 Å². The van der Waals surface area contributed by atoms with Gasteiger partial charge >= 0.3 is 5.97 Å². The van der Waals surface area contributed by atoms with E-state index in [1.165, 1.54) is 5.57 Å². The second-order valence-corrected chi connectivity index (χ2v) is 11.6. The standard InChI is InChI=1S/C29H39ClO3/c1-19-8-13-25-27(33-20(2)31)26(15-17-28(19,25)3)29(4)16-14-24(32)18-22(29)7-5-6-21-9-11-23(30)12-10-21/h5-6,9-12,22,24-27,32H,1,7-8,13-18H2,2-4H3/t22-,24-,25?,26?,27-,28+,29-/m0/s1. The third-order valence-corrected chi connectivity index (χ3v) is 9.66. The first kappa shape index (κ1) is 24.5. The van der Waals surface area contributed by atoms with Gasteiger partial charge in [-0.2, -0.15) is 0 Å². The minimum atomic E-state index is -0.251. The van der Waals surface area contributed by atoms with Gasteiger partial charge in [0, 0.05) is 23.8 Å². The molecule has 1 aromatic carbocycles. The number of benzene rings is 1. The van der Waals surface area contributed by atoms with E-state index in [2.05, 4.69) is 32.6 Å². The molecule has 4 rings (SSSR count). The lowest BCUT2D eigenvalue weighted by Gasteiger charge is -2.56. The molecule has 0 radical (unpaired) electrons. The number of aliphatic hydroxyl groups is 1. The van der Waals surface area contributed by atoms with Crippen LogP contribution in [0.2, 0.25) is 5.02 Å². The van der Waals surface area contributed by atoms with Crippen LogP contribution in [0, 0.1) is 28.6 Å². The summed E-state index contributed by atoms with van der Waals surface area (Å²) in [6.45, 7) is 10.7. The molecule has 0 aliphatic heterocycles. The van der Waals surface area contributed by atoms with Gasteiger partial charge in [-0.3, -0.25) is 4.79 Å². The van der Waals surface area contributed by atoms with E-state index in [4.69, 9.17) is 16.3 Å². The van der Waals surface area contributed by atoms with Crippen LogP contribution in [0.25, 0.3) is 6.08 Å². The van der Waals surface area contributed by atoms with Crippen LogP contribution >= 0.6 is 11.6 Å². The second-order valence-electron chi connectivity index (χ2n) is 11.2. The predicted molar refractivity (Wildman–Crippen MR) is 135 cm³/mol. The van der Waals surface area contributed by atoms with Crippen molar-refractivity contribution in [2.75, 3.05) is 0 Å². The number of rotatable bonds is 5. The molecular weight excluding hydrogens is 432 g/mol. The molecule has 0 aromatic heterocycles. The fourth-order valence-electron chi connectivity index (χ4n) is 7.24. The molecule has 0 saturated heterocycles. The highest BCUT2D eigenvalue weighted by atomic mass is 35.5. The first-order chi connectivity index (χ1) is 15.6. The zero-order valence-electron chi connectivity index (χ0n) is 20.4. The van der Waals surface area contributed by atoms with Crippen LogP contribution in [0.3, 0.4) is 0 Å². The number of allylic oxidation sites excluding steroid dienone is 2. The molecule has 1 aromatic rings. The normalized spacial score (nSPS) is 38.9. The summed E-state index contributed by atoms with van der Waals surface area (Å²) in [7, 11) is 0. The number of ether oxygens (including phenoxy) is 1. The maximum Gasteiger partial charge on any atom is 0.302 e. The fraction of sp³-hybridized carbons (Fsp3) is 0.621. The van der Waals surface area contributed by atoms with Crippen LogP contribution in [0.1, 0.15) is 77.7 Å². The summed E-state index contributed by atoms with van der Waals surface area (Å²) < 4.78 is 6.14. The van der Waals surface area contributed by atoms with Gasteiger partial charge in [-0.15, -0.1) is 0 Å². The third-order valence-electron chi connectivity index (χ3n) is 9.41. The van der Waals surface area contributed by atoms with E-state index >= 15 is 0 Å². The van der Waals surface area contributed by atoms with Crippen molar-refractivity contribution >= 4 is 23.6 Å². The van der Waals surface area contributed by atoms with E-state index in [9.17, 15) is 9.90 Å². The number of fused-ring (bicyclic) bond motifs is 1. The molecular formula is C29H39ClO3. The molecule has 3 aliphatic carbocycles. The van der Waals surface area contributed by atoms with Crippen LogP contribution in [0.15, 0.2) is 42.5 Å². The molecule has 3 saturated carbocycles. The molecule has 180 valence electrons. The molecule has 1 N–H and O–H groups in total. The van der Waals surface area contributed by atoms with Crippen molar-refractivity contribution in [1.29, 1.82) is 0 Å². The topological polar surface area (TPSA) is 46.5 Å². The van der Waals surface area contributed by atoms with Gasteiger partial charge in [0.25, 0.3) is 0 Å². The molecule has 0 spiro atoms. The minimum Gasteiger partial charge on any atom is -0.462 e. The van der Waals surface area contributed by atoms with Crippen LogP contribution in [0.4, 0.5) is 0 Å². The summed E-state index contributed by atoms with van der Waals surface area (Å²) in [6, 6.07) is 7.88. The van der Waals surface area contributed by atoms with Crippen LogP contribution in [-0.4, -0.2) is 23.3 Å². The highest BCUT2D eigenvalue weighted by Gasteiger charge is 2.58. The summed E-state index contributed by atoms with van der Waals surface area (Å²) in [5, 5.41) is 11.3. The molecule has 7 atom stereocenters. The molecule has 2 unspecified atom stereocenters. The Kier molecular flexibility index (Phi) is 7.13. The Morgan fingerprint density at radius 3 is 2.61 bits per heavy atom. The zero-order valence-corrected chi connectivity index (χ0v) is 21.1. The minimum absolute atomic E-state index is 0.0228. The van der Waals surface area contributed by atoms with Gasteiger partial charge < -0.3 is 9.84 Å². The van der Waals surface area contributed by atoms with Crippen molar-refractivity contribution in [2.45, 2.75) is 84.3 Å². The molecule has 33 heavy (non-hydrogen) atoms. The number of esters is 1. The first-order valence-corrected chi connectivity index (χ1v) is 13.0. The number of carbonyl (C=O) groups is 1. The van der Waals surface area contributed by atoms with E-state index < -0.39 is 0 Å². The molecule has 0 heterocycles. The van der Waals surface area contributed by atoms with E-state index in [1.54, 1.807) is 6.92 Å². The fourth-order valence-corrected chi connectivity index (χ4v) is 7.37. The van der Waals surface area contributed by atoms with Crippen molar-refractivity contribution in [3.05, 3.63) is 53.1 Å². The lowest BCUT2D eigenvalue weighted by Crippen LogP contribution is -2.54. The number of hydrogen-bond acceptors (Lipinski definition) is 3. The molecule has 0 bridgehead atoms. The van der Waals surface area contributed by atoms with Gasteiger partial charge in [-0.25, -0.2) is 0 Å². The maximum absolute atomic E-state index is 12.2. The smallest absolute Gasteiger partial charge is 0.302 e. The van der Waals surface area contributed by atoms with Crippen molar-refractivity contribution in [3.8, 4) is 0 Å². The first-order valence-electron chi connectivity index (χ1n) is 12.6. The van der Waals surface area contributed by atoms with Crippen molar-refractivity contribution in [1.82, 2.24) is 0 Å². The number of aliphatic hydroxyl groups excluding tert-OH is 1. The van der Waals surface area contributed by atoms with E-state index in [0.717, 1.165) is 62.0 Å². The van der Waals surface area contributed by atoms with Crippen LogP contribution in [0.5, 0.6) is 0 Å². The lowest BCUT2D eigenvalue weighted by atomic mass is 9.51. The number of hydrogen-bond donors (Lipinski definition) is 1. The largest absolute Gasteiger partial charge is 0.462 e. The van der Waals surface area contributed by atoms with Crippen LogP contribution in [-0.2, 0) is 9.53 Å². The molecule has 3 fully saturated rings. The average Bonchev–Trinajstić information content (AvgIpc) is 3.07. The van der Waals surface area contributed by atoms with Crippen molar-refractivity contribution < 1.29 is 14.6 Å². The SMILES string of the molecule is C=C1CCC2[C@H](OC(C)=O)C([C@@]3(C)CC[C@H](O)C[C@@H]3CC=Cc3ccc(Cl)cc3)CC[C@]12C.